The molecule has 4 nitrogen and oxygen atoms in total. The lowest BCUT2D eigenvalue weighted by atomic mass is 10.1. The molecule has 2 aromatic rings. The van der Waals surface area contributed by atoms with Crippen molar-refractivity contribution in [1.29, 1.82) is 0 Å². The highest BCUT2D eigenvalue weighted by atomic mass is 16.5. The number of nitrogens with one attached hydrogen (secondary N) is 1. The van der Waals surface area contributed by atoms with Gasteiger partial charge in [0.15, 0.2) is 5.82 Å². The first-order valence-electron chi connectivity index (χ1n) is 7.54. The Bertz CT molecular complexity index is 531. The van der Waals surface area contributed by atoms with Crippen molar-refractivity contribution in [2.75, 3.05) is 13.2 Å². The Morgan fingerprint density at radius 1 is 1.14 bits per heavy atom. The highest BCUT2D eigenvalue weighted by molar-refractivity contribution is 5.23. The van der Waals surface area contributed by atoms with Crippen molar-refractivity contribution >= 4 is 0 Å². The topological polar surface area (TPSA) is 47.0 Å². The lowest BCUT2D eigenvalue weighted by Gasteiger charge is -2.16. The standard InChI is InChI=1S/C17H23N3O/c1-3-11-18-13-15-10-12-19-17(20-15)16(21-4-2)14-8-6-5-7-9-14/h5-10,12,16,18H,3-4,11,13H2,1-2H3. The molecule has 1 N–H and O–H groups in total. The molecule has 2 rings (SSSR count). The van der Waals surface area contributed by atoms with Crippen LogP contribution >= 0.6 is 0 Å². The van der Waals surface area contributed by atoms with E-state index in [0.717, 1.165) is 36.6 Å². The molecular weight excluding hydrogens is 262 g/mol. The number of nitrogens with zero attached hydrogens (tertiary/aromatic N) is 2. The van der Waals surface area contributed by atoms with E-state index in [1.165, 1.54) is 0 Å². The van der Waals surface area contributed by atoms with Gasteiger partial charge in [-0.25, -0.2) is 9.97 Å². The largest absolute Gasteiger partial charge is 0.366 e. The SMILES string of the molecule is CCCNCc1ccnc(C(OCC)c2ccccc2)n1. The van der Waals surface area contributed by atoms with Crippen molar-refractivity contribution < 1.29 is 4.74 Å². The summed E-state index contributed by atoms with van der Waals surface area (Å²) in [6.07, 6.45) is 2.71. The Morgan fingerprint density at radius 3 is 2.67 bits per heavy atom. The molecule has 21 heavy (non-hydrogen) atoms. The summed E-state index contributed by atoms with van der Waals surface area (Å²) in [7, 11) is 0. The second kappa shape index (κ2) is 8.49. The predicted molar refractivity (Wildman–Crippen MR) is 83.9 cm³/mol. The molecule has 1 atom stereocenters. The van der Waals surface area contributed by atoms with Crippen LogP contribution in [-0.4, -0.2) is 23.1 Å². The Hall–Kier alpha value is -1.78. The predicted octanol–water partition coefficient (Wildman–Crippen LogP) is 3.10. The fourth-order valence-electron chi connectivity index (χ4n) is 2.15. The number of aromatic nitrogens is 2. The number of hydrogen-bond acceptors (Lipinski definition) is 4. The summed E-state index contributed by atoms with van der Waals surface area (Å²) >= 11 is 0. The van der Waals surface area contributed by atoms with Crippen molar-refractivity contribution in [2.45, 2.75) is 32.9 Å². The molecule has 0 aliphatic heterocycles. The van der Waals surface area contributed by atoms with E-state index in [9.17, 15) is 0 Å². The van der Waals surface area contributed by atoms with Gasteiger partial charge in [0.1, 0.15) is 6.10 Å². The summed E-state index contributed by atoms with van der Waals surface area (Å²) in [5, 5.41) is 3.36. The normalized spacial score (nSPS) is 12.3. The van der Waals surface area contributed by atoms with Crippen LogP contribution < -0.4 is 5.32 Å². The molecule has 0 aliphatic carbocycles. The number of benzene rings is 1. The summed E-state index contributed by atoms with van der Waals surface area (Å²) < 4.78 is 5.85. The molecular formula is C17H23N3O. The summed E-state index contributed by atoms with van der Waals surface area (Å²) in [5.74, 6) is 0.721. The highest BCUT2D eigenvalue weighted by Crippen LogP contribution is 2.22. The molecule has 0 aliphatic rings. The van der Waals surface area contributed by atoms with Gasteiger partial charge < -0.3 is 10.1 Å². The number of rotatable bonds is 8. The quantitative estimate of drug-likeness (QED) is 0.757. The van der Waals surface area contributed by atoms with E-state index in [2.05, 4.69) is 22.2 Å². The van der Waals surface area contributed by atoms with E-state index in [0.29, 0.717) is 6.61 Å². The maximum Gasteiger partial charge on any atom is 0.162 e. The Morgan fingerprint density at radius 2 is 1.95 bits per heavy atom. The second-order valence-corrected chi connectivity index (χ2v) is 4.83. The molecule has 0 fully saturated rings. The number of hydrogen-bond donors (Lipinski definition) is 1. The molecule has 0 saturated heterocycles. The van der Waals surface area contributed by atoms with Crippen LogP contribution in [0.4, 0.5) is 0 Å². The minimum atomic E-state index is -0.206. The van der Waals surface area contributed by atoms with Gasteiger partial charge in [-0.2, -0.15) is 0 Å². The van der Waals surface area contributed by atoms with Crippen LogP contribution in [0.2, 0.25) is 0 Å². The van der Waals surface area contributed by atoms with Crippen LogP contribution in [0.25, 0.3) is 0 Å². The Kier molecular flexibility index (Phi) is 6.31. The van der Waals surface area contributed by atoms with Crippen molar-refractivity contribution in [3.63, 3.8) is 0 Å². The fourth-order valence-corrected chi connectivity index (χ4v) is 2.15. The van der Waals surface area contributed by atoms with E-state index >= 15 is 0 Å². The molecule has 1 unspecified atom stereocenters. The van der Waals surface area contributed by atoms with Crippen molar-refractivity contribution in [3.8, 4) is 0 Å². The van der Waals surface area contributed by atoms with Crippen molar-refractivity contribution in [2.24, 2.45) is 0 Å². The van der Waals surface area contributed by atoms with Gasteiger partial charge in [-0.15, -0.1) is 0 Å². The van der Waals surface area contributed by atoms with Gasteiger partial charge >= 0.3 is 0 Å². The first kappa shape index (κ1) is 15.6. The van der Waals surface area contributed by atoms with Crippen LogP contribution in [0.1, 0.15) is 43.5 Å². The van der Waals surface area contributed by atoms with E-state index in [1.54, 1.807) is 6.20 Å². The third kappa shape index (κ3) is 4.62. The lowest BCUT2D eigenvalue weighted by Crippen LogP contribution is -2.17. The molecule has 0 saturated carbocycles. The molecule has 0 bridgehead atoms. The minimum absolute atomic E-state index is 0.206. The second-order valence-electron chi connectivity index (χ2n) is 4.83. The first-order valence-corrected chi connectivity index (χ1v) is 7.54. The van der Waals surface area contributed by atoms with Gasteiger partial charge in [-0.1, -0.05) is 37.3 Å². The average Bonchev–Trinajstić information content (AvgIpc) is 2.54. The molecule has 112 valence electrons. The zero-order valence-corrected chi connectivity index (χ0v) is 12.7. The van der Waals surface area contributed by atoms with E-state index < -0.39 is 0 Å². The lowest BCUT2D eigenvalue weighted by molar-refractivity contribution is 0.0849. The van der Waals surface area contributed by atoms with Crippen molar-refractivity contribution in [3.05, 3.63) is 59.7 Å². The molecule has 1 aromatic heterocycles. The Labute approximate surface area is 126 Å². The monoisotopic (exact) mass is 285 g/mol. The van der Waals surface area contributed by atoms with Crippen LogP contribution in [0, 0.1) is 0 Å². The first-order chi connectivity index (χ1) is 10.3. The maximum absolute atomic E-state index is 5.85. The van der Waals surface area contributed by atoms with Crippen LogP contribution in [0.5, 0.6) is 0 Å². The van der Waals surface area contributed by atoms with E-state index in [4.69, 9.17) is 4.74 Å². The zero-order valence-electron chi connectivity index (χ0n) is 12.7. The summed E-state index contributed by atoms with van der Waals surface area (Å²) in [4.78, 5) is 9.04. The van der Waals surface area contributed by atoms with Gasteiger partial charge in [0.2, 0.25) is 0 Å². The van der Waals surface area contributed by atoms with Crippen LogP contribution in [0.3, 0.4) is 0 Å². The van der Waals surface area contributed by atoms with Gasteiger partial charge in [-0.3, -0.25) is 0 Å². The van der Waals surface area contributed by atoms with E-state index in [-0.39, 0.29) is 6.10 Å². The molecule has 1 aromatic carbocycles. The van der Waals surface area contributed by atoms with Gasteiger partial charge in [0.05, 0.1) is 5.69 Å². The third-order valence-electron chi connectivity index (χ3n) is 3.13. The van der Waals surface area contributed by atoms with Gasteiger partial charge in [0, 0.05) is 19.3 Å². The highest BCUT2D eigenvalue weighted by Gasteiger charge is 2.17. The van der Waals surface area contributed by atoms with E-state index in [1.807, 2.05) is 43.3 Å². The van der Waals surface area contributed by atoms with Crippen molar-refractivity contribution in [1.82, 2.24) is 15.3 Å². The maximum atomic E-state index is 5.85. The zero-order chi connectivity index (χ0) is 14.9. The molecule has 1 heterocycles. The van der Waals surface area contributed by atoms with Gasteiger partial charge in [-0.05, 0) is 31.5 Å². The van der Waals surface area contributed by atoms with Crippen LogP contribution in [-0.2, 0) is 11.3 Å². The van der Waals surface area contributed by atoms with Gasteiger partial charge in [0.25, 0.3) is 0 Å². The summed E-state index contributed by atoms with van der Waals surface area (Å²) in [6.45, 7) is 6.52. The Balaban J connectivity index is 2.18. The summed E-state index contributed by atoms with van der Waals surface area (Å²) in [5.41, 5.74) is 2.08. The summed E-state index contributed by atoms with van der Waals surface area (Å²) in [6, 6.07) is 12.1. The van der Waals surface area contributed by atoms with Crippen LogP contribution in [0.15, 0.2) is 42.6 Å². The minimum Gasteiger partial charge on any atom is -0.366 e. The molecule has 0 spiro atoms. The molecule has 0 radical (unpaired) electrons. The average molecular weight is 285 g/mol. The smallest absolute Gasteiger partial charge is 0.162 e. The fraction of sp³-hybridized carbons (Fsp3) is 0.412. The molecule has 4 heteroatoms. The third-order valence-corrected chi connectivity index (χ3v) is 3.13. The number of ether oxygens (including phenoxy) is 1. The molecule has 0 amide bonds.